The fourth-order valence-electron chi connectivity index (χ4n) is 9.94. The molecular formula is C64H43N. The molecule has 0 saturated heterocycles. The van der Waals surface area contributed by atoms with E-state index in [1.54, 1.807) is 0 Å². The van der Waals surface area contributed by atoms with Crippen LogP contribution in [0.2, 0.25) is 0 Å². The maximum Gasteiger partial charge on any atom is 0.0467 e. The van der Waals surface area contributed by atoms with E-state index in [-0.39, 0.29) is 0 Å². The first-order valence-electron chi connectivity index (χ1n) is 22.4. The average molecular weight is 826 g/mol. The van der Waals surface area contributed by atoms with Crippen LogP contribution < -0.4 is 4.90 Å². The molecule has 12 rings (SSSR count). The van der Waals surface area contributed by atoms with Gasteiger partial charge in [-0.25, -0.2) is 0 Å². The van der Waals surface area contributed by atoms with Crippen molar-refractivity contribution in [2.75, 3.05) is 4.90 Å². The Morgan fingerprint density at radius 3 is 1.31 bits per heavy atom. The molecule has 0 radical (unpaired) electrons. The van der Waals surface area contributed by atoms with Gasteiger partial charge in [-0.2, -0.15) is 0 Å². The van der Waals surface area contributed by atoms with Crippen molar-refractivity contribution in [1.82, 2.24) is 0 Å². The van der Waals surface area contributed by atoms with Gasteiger partial charge < -0.3 is 4.90 Å². The van der Waals surface area contributed by atoms with Gasteiger partial charge in [0, 0.05) is 17.1 Å². The van der Waals surface area contributed by atoms with E-state index in [1.807, 2.05) is 0 Å². The van der Waals surface area contributed by atoms with Crippen LogP contribution in [-0.4, -0.2) is 0 Å². The van der Waals surface area contributed by atoms with Gasteiger partial charge in [0.2, 0.25) is 0 Å². The number of fused-ring (bicyclic) bond motifs is 5. The molecule has 304 valence electrons. The van der Waals surface area contributed by atoms with Crippen LogP contribution in [0.15, 0.2) is 261 Å². The molecule has 12 aromatic carbocycles. The second-order valence-corrected chi connectivity index (χ2v) is 16.9. The lowest BCUT2D eigenvalue weighted by Crippen LogP contribution is -2.10. The lowest BCUT2D eigenvalue weighted by atomic mass is 9.84. The Bertz CT molecular complexity index is 3710. The van der Waals surface area contributed by atoms with Crippen LogP contribution in [0.4, 0.5) is 17.1 Å². The van der Waals surface area contributed by atoms with Crippen molar-refractivity contribution in [1.29, 1.82) is 0 Å². The van der Waals surface area contributed by atoms with Gasteiger partial charge in [0.25, 0.3) is 0 Å². The van der Waals surface area contributed by atoms with Crippen LogP contribution in [0.5, 0.6) is 0 Å². The van der Waals surface area contributed by atoms with Crippen LogP contribution in [0.25, 0.3) is 98.7 Å². The summed E-state index contributed by atoms with van der Waals surface area (Å²) in [6.07, 6.45) is 0. The minimum Gasteiger partial charge on any atom is -0.310 e. The van der Waals surface area contributed by atoms with Crippen molar-refractivity contribution in [3.63, 3.8) is 0 Å². The molecule has 0 heterocycles. The van der Waals surface area contributed by atoms with Gasteiger partial charge in [0.05, 0.1) is 0 Å². The Kier molecular flexibility index (Phi) is 9.58. The lowest BCUT2D eigenvalue weighted by molar-refractivity contribution is 1.28. The summed E-state index contributed by atoms with van der Waals surface area (Å²) in [5, 5.41) is 9.95. The van der Waals surface area contributed by atoms with Gasteiger partial charge in [0.15, 0.2) is 0 Å². The summed E-state index contributed by atoms with van der Waals surface area (Å²) in [4.78, 5) is 2.42. The van der Waals surface area contributed by atoms with E-state index < -0.39 is 0 Å². The van der Waals surface area contributed by atoms with E-state index in [2.05, 4.69) is 266 Å². The third-order valence-electron chi connectivity index (χ3n) is 13.0. The molecule has 0 aliphatic rings. The van der Waals surface area contributed by atoms with Crippen LogP contribution in [-0.2, 0) is 0 Å². The number of hydrogen-bond acceptors (Lipinski definition) is 1. The Labute approximate surface area is 379 Å². The van der Waals surface area contributed by atoms with Gasteiger partial charge in [-0.3, -0.25) is 0 Å². The van der Waals surface area contributed by atoms with Gasteiger partial charge in [-0.1, -0.05) is 212 Å². The third kappa shape index (κ3) is 7.01. The van der Waals surface area contributed by atoms with Crippen molar-refractivity contribution in [3.05, 3.63) is 261 Å². The molecule has 0 aromatic heterocycles. The van der Waals surface area contributed by atoms with Gasteiger partial charge in [-0.15, -0.1) is 0 Å². The molecule has 0 bridgehead atoms. The van der Waals surface area contributed by atoms with Gasteiger partial charge in [-0.05, 0) is 147 Å². The molecule has 0 aliphatic heterocycles. The zero-order valence-electron chi connectivity index (χ0n) is 35.8. The number of hydrogen-bond donors (Lipinski definition) is 0. The first kappa shape index (κ1) is 38.2. The topological polar surface area (TPSA) is 3.24 Å². The predicted octanol–water partition coefficient (Wildman–Crippen LogP) is 18.1. The quantitative estimate of drug-likeness (QED) is 0.138. The Hall–Kier alpha value is -8.52. The molecule has 0 aliphatic carbocycles. The average Bonchev–Trinajstić information content (AvgIpc) is 3.38. The van der Waals surface area contributed by atoms with Crippen molar-refractivity contribution < 1.29 is 0 Å². The Balaban J connectivity index is 1.05. The number of benzene rings is 12. The summed E-state index contributed by atoms with van der Waals surface area (Å²) in [5.41, 5.74) is 15.3. The molecule has 65 heavy (non-hydrogen) atoms. The summed E-state index contributed by atoms with van der Waals surface area (Å²) in [6, 6.07) is 95.4. The molecular weight excluding hydrogens is 783 g/mol. The summed E-state index contributed by atoms with van der Waals surface area (Å²) >= 11 is 0. The normalized spacial score (nSPS) is 11.4. The molecule has 0 N–H and O–H groups in total. The standard InChI is InChI=1S/C64H43N/c1-3-19-46(20-4-1)63-61-33-12-11-32-59(61)60-38-37-52(43-62(60)64(63)47-21-5-2-6-22-47)50-26-14-29-55(41-50)65(54-28-13-25-49(40-54)51-36-35-44-17-7-8-23-48(44)39-51)56-30-15-27-53(42-56)58-34-16-24-45-18-9-10-31-57(45)58/h1-43H. The molecule has 1 heteroatoms. The molecule has 0 atom stereocenters. The highest BCUT2D eigenvalue weighted by atomic mass is 15.1. The second-order valence-electron chi connectivity index (χ2n) is 16.9. The first-order valence-corrected chi connectivity index (χ1v) is 22.4. The number of anilines is 3. The van der Waals surface area contributed by atoms with Gasteiger partial charge >= 0.3 is 0 Å². The molecule has 0 spiro atoms. The van der Waals surface area contributed by atoms with Gasteiger partial charge in [0.1, 0.15) is 0 Å². The summed E-state index contributed by atoms with van der Waals surface area (Å²) in [7, 11) is 0. The van der Waals surface area contributed by atoms with Crippen molar-refractivity contribution in [2.24, 2.45) is 0 Å². The van der Waals surface area contributed by atoms with E-state index in [0.717, 1.165) is 22.6 Å². The maximum atomic E-state index is 2.42. The van der Waals surface area contributed by atoms with E-state index in [4.69, 9.17) is 0 Å². The Morgan fingerprint density at radius 2 is 0.631 bits per heavy atom. The molecule has 0 saturated carbocycles. The van der Waals surface area contributed by atoms with Crippen molar-refractivity contribution in [3.8, 4) is 55.6 Å². The fraction of sp³-hybridized carbons (Fsp3) is 0. The fourth-order valence-corrected chi connectivity index (χ4v) is 9.94. The van der Waals surface area contributed by atoms with E-state index >= 15 is 0 Å². The predicted molar refractivity (Wildman–Crippen MR) is 278 cm³/mol. The second kappa shape index (κ2) is 16.3. The van der Waals surface area contributed by atoms with Crippen LogP contribution in [0.3, 0.4) is 0 Å². The lowest BCUT2D eigenvalue weighted by Gasteiger charge is -2.27. The van der Waals surface area contributed by atoms with Crippen LogP contribution >= 0.6 is 0 Å². The molecule has 1 nitrogen and oxygen atoms in total. The summed E-state index contributed by atoms with van der Waals surface area (Å²) in [5.74, 6) is 0. The number of nitrogens with zero attached hydrogens (tertiary/aromatic N) is 1. The molecule has 0 amide bonds. The number of rotatable bonds is 8. The molecule has 0 fully saturated rings. The van der Waals surface area contributed by atoms with Crippen molar-refractivity contribution in [2.45, 2.75) is 0 Å². The molecule has 0 unspecified atom stereocenters. The third-order valence-corrected chi connectivity index (χ3v) is 13.0. The highest BCUT2D eigenvalue weighted by Crippen LogP contribution is 2.46. The smallest absolute Gasteiger partial charge is 0.0467 e. The summed E-state index contributed by atoms with van der Waals surface area (Å²) in [6.45, 7) is 0. The minimum absolute atomic E-state index is 1.08. The SMILES string of the molecule is c1ccc(-c2c(-c3ccccc3)c3cc(-c4cccc(N(c5cccc(-c6ccc7ccccc7c6)c5)c5cccc(-c6cccc7ccccc67)c5)c4)ccc3c3ccccc23)cc1. The van der Waals surface area contributed by atoms with E-state index in [1.165, 1.54) is 93.2 Å². The zero-order valence-corrected chi connectivity index (χ0v) is 35.8. The first-order chi connectivity index (χ1) is 32.2. The van der Waals surface area contributed by atoms with Crippen LogP contribution in [0.1, 0.15) is 0 Å². The van der Waals surface area contributed by atoms with E-state index in [9.17, 15) is 0 Å². The zero-order chi connectivity index (χ0) is 43.1. The molecule has 12 aromatic rings. The monoisotopic (exact) mass is 825 g/mol. The largest absolute Gasteiger partial charge is 0.310 e. The van der Waals surface area contributed by atoms with Crippen LogP contribution in [0, 0.1) is 0 Å². The van der Waals surface area contributed by atoms with Crippen molar-refractivity contribution >= 4 is 60.2 Å². The summed E-state index contributed by atoms with van der Waals surface area (Å²) < 4.78 is 0. The van der Waals surface area contributed by atoms with E-state index in [0.29, 0.717) is 0 Å². The Morgan fingerprint density at radius 1 is 0.200 bits per heavy atom. The maximum absolute atomic E-state index is 2.42. The minimum atomic E-state index is 1.08. The highest BCUT2D eigenvalue weighted by molar-refractivity contribution is 6.22. The highest BCUT2D eigenvalue weighted by Gasteiger charge is 2.20.